The van der Waals surface area contributed by atoms with Gasteiger partial charge in [0.2, 0.25) is 0 Å². The number of piperidine rings is 1. The van der Waals surface area contributed by atoms with E-state index in [0.29, 0.717) is 11.1 Å². The van der Waals surface area contributed by atoms with Crippen LogP contribution in [0.25, 0.3) is 4.96 Å². The Kier molecular flexibility index (Phi) is 3.86. The quantitative estimate of drug-likeness (QED) is 0.721. The highest BCUT2D eigenvalue weighted by molar-refractivity contribution is 7.15. The van der Waals surface area contributed by atoms with E-state index in [0.717, 1.165) is 23.7 Å². The van der Waals surface area contributed by atoms with Crippen LogP contribution in [0, 0.1) is 0 Å². The van der Waals surface area contributed by atoms with Gasteiger partial charge in [-0.2, -0.15) is 0 Å². The van der Waals surface area contributed by atoms with E-state index < -0.39 is 0 Å². The van der Waals surface area contributed by atoms with Gasteiger partial charge in [0.25, 0.3) is 0 Å². The average Bonchev–Trinajstić information content (AvgIpc) is 3.13. The lowest BCUT2D eigenvalue weighted by Gasteiger charge is -2.35. The summed E-state index contributed by atoms with van der Waals surface area (Å²) >= 11 is 7.65. The van der Waals surface area contributed by atoms with Gasteiger partial charge in [0, 0.05) is 30.5 Å². The van der Waals surface area contributed by atoms with Crippen molar-refractivity contribution >= 4 is 27.9 Å². The van der Waals surface area contributed by atoms with E-state index in [4.69, 9.17) is 11.6 Å². The van der Waals surface area contributed by atoms with Crippen molar-refractivity contribution in [2.45, 2.75) is 31.8 Å². The summed E-state index contributed by atoms with van der Waals surface area (Å²) in [5, 5.41) is 2.94. The van der Waals surface area contributed by atoms with Gasteiger partial charge in [0.15, 0.2) is 4.96 Å². The standard InChI is InChI=1S/C16H17ClN4S/c17-12-4-5-13(19-9-12)10-20-7-2-1-3-14(20)15-11-22-16-18-6-8-21(15)16/h4-6,8-9,11,14H,1-3,7,10H2. The normalized spacial score (nSPS) is 19.8. The van der Waals surface area contributed by atoms with Crippen molar-refractivity contribution in [3.05, 3.63) is 52.5 Å². The average molecular weight is 333 g/mol. The molecule has 0 N–H and O–H groups in total. The van der Waals surface area contributed by atoms with E-state index >= 15 is 0 Å². The number of rotatable bonds is 3. The van der Waals surface area contributed by atoms with Crippen LogP contribution in [-0.2, 0) is 6.54 Å². The van der Waals surface area contributed by atoms with Crippen LogP contribution in [-0.4, -0.2) is 25.8 Å². The fourth-order valence-electron chi connectivity index (χ4n) is 3.21. The summed E-state index contributed by atoms with van der Waals surface area (Å²) in [6.45, 7) is 1.98. The molecule has 0 saturated carbocycles. The molecule has 1 unspecified atom stereocenters. The second-order valence-corrected chi connectivity index (χ2v) is 6.96. The number of fused-ring (bicyclic) bond motifs is 1. The molecule has 1 atom stereocenters. The monoisotopic (exact) mass is 332 g/mol. The maximum atomic E-state index is 5.93. The minimum atomic E-state index is 0.439. The smallest absolute Gasteiger partial charge is 0.193 e. The Labute approximate surface area is 138 Å². The first-order valence-electron chi connectivity index (χ1n) is 7.56. The predicted octanol–water partition coefficient (Wildman–Crippen LogP) is 4.17. The Hall–Kier alpha value is -1.43. The summed E-state index contributed by atoms with van der Waals surface area (Å²) in [5.74, 6) is 0. The number of imidazole rings is 1. The van der Waals surface area contributed by atoms with Crippen molar-refractivity contribution in [1.29, 1.82) is 0 Å². The molecular formula is C16H17ClN4S. The summed E-state index contributed by atoms with van der Waals surface area (Å²) < 4.78 is 2.23. The van der Waals surface area contributed by atoms with Crippen LogP contribution < -0.4 is 0 Å². The summed E-state index contributed by atoms with van der Waals surface area (Å²) in [4.78, 5) is 12.4. The molecular weight excluding hydrogens is 316 g/mol. The summed E-state index contributed by atoms with van der Waals surface area (Å²) in [6.07, 6.45) is 9.40. The lowest BCUT2D eigenvalue weighted by Crippen LogP contribution is -2.33. The molecule has 0 aromatic carbocycles. The van der Waals surface area contributed by atoms with Crippen LogP contribution in [0.3, 0.4) is 0 Å². The Bertz CT molecular complexity index is 764. The second-order valence-electron chi connectivity index (χ2n) is 5.69. The van der Waals surface area contributed by atoms with Crippen LogP contribution in [0.15, 0.2) is 36.1 Å². The third kappa shape index (κ3) is 2.64. The SMILES string of the molecule is Clc1ccc(CN2CCCCC2c2csc3nccn23)nc1. The van der Waals surface area contributed by atoms with E-state index in [2.05, 4.69) is 30.8 Å². The van der Waals surface area contributed by atoms with E-state index in [-0.39, 0.29) is 0 Å². The van der Waals surface area contributed by atoms with Crippen molar-refractivity contribution in [3.8, 4) is 0 Å². The molecule has 22 heavy (non-hydrogen) atoms. The van der Waals surface area contributed by atoms with E-state index in [1.807, 2.05) is 18.3 Å². The van der Waals surface area contributed by atoms with Gasteiger partial charge < -0.3 is 0 Å². The molecule has 0 aliphatic carbocycles. The van der Waals surface area contributed by atoms with Crippen molar-refractivity contribution < 1.29 is 0 Å². The van der Waals surface area contributed by atoms with E-state index in [1.54, 1.807) is 17.5 Å². The van der Waals surface area contributed by atoms with Gasteiger partial charge in [-0.15, -0.1) is 11.3 Å². The molecule has 1 saturated heterocycles. The zero-order valence-electron chi connectivity index (χ0n) is 12.2. The molecule has 1 fully saturated rings. The van der Waals surface area contributed by atoms with Gasteiger partial charge in [-0.3, -0.25) is 14.3 Å². The second kappa shape index (κ2) is 5.99. The molecule has 0 radical (unpaired) electrons. The topological polar surface area (TPSA) is 33.4 Å². The molecule has 1 aliphatic heterocycles. The Morgan fingerprint density at radius 3 is 3.09 bits per heavy atom. The highest BCUT2D eigenvalue weighted by atomic mass is 35.5. The first kappa shape index (κ1) is 14.2. The van der Waals surface area contributed by atoms with Gasteiger partial charge in [0.05, 0.1) is 22.5 Å². The van der Waals surface area contributed by atoms with Crippen LogP contribution in [0.1, 0.15) is 36.7 Å². The molecule has 3 aromatic heterocycles. The summed E-state index contributed by atoms with van der Waals surface area (Å²) in [5.41, 5.74) is 2.43. The van der Waals surface area contributed by atoms with Crippen LogP contribution >= 0.6 is 22.9 Å². The van der Waals surface area contributed by atoms with Gasteiger partial charge in [0.1, 0.15) is 0 Å². The summed E-state index contributed by atoms with van der Waals surface area (Å²) in [7, 11) is 0. The number of aromatic nitrogens is 3. The maximum Gasteiger partial charge on any atom is 0.193 e. The number of likely N-dealkylation sites (tertiary alicyclic amines) is 1. The zero-order valence-corrected chi connectivity index (χ0v) is 13.7. The largest absolute Gasteiger partial charge is 0.293 e. The fourth-order valence-corrected chi connectivity index (χ4v) is 4.22. The molecule has 3 aromatic rings. The van der Waals surface area contributed by atoms with Crippen molar-refractivity contribution in [2.24, 2.45) is 0 Å². The van der Waals surface area contributed by atoms with Gasteiger partial charge in [-0.05, 0) is 31.5 Å². The molecule has 4 heterocycles. The molecule has 0 bridgehead atoms. The van der Waals surface area contributed by atoms with Gasteiger partial charge in [-0.25, -0.2) is 4.98 Å². The first-order chi connectivity index (χ1) is 10.8. The van der Waals surface area contributed by atoms with Crippen LogP contribution in [0.5, 0.6) is 0 Å². The van der Waals surface area contributed by atoms with E-state index in [9.17, 15) is 0 Å². The zero-order chi connectivity index (χ0) is 14.9. The molecule has 0 amide bonds. The lowest BCUT2D eigenvalue weighted by atomic mass is 9.99. The minimum Gasteiger partial charge on any atom is -0.293 e. The summed E-state index contributed by atoms with van der Waals surface area (Å²) in [6, 6.07) is 4.38. The van der Waals surface area contributed by atoms with E-state index in [1.165, 1.54) is 25.0 Å². The number of hydrogen-bond donors (Lipinski definition) is 0. The highest BCUT2D eigenvalue weighted by Gasteiger charge is 2.26. The minimum absolute atomic E-state index is 0.439. The molecule has 1 aliphatic rings. The predicted molar refractivity (Wildman–Crippen MR) is 89.3 cm³/mol. The molecule has 6 heteroatoms. The van der Waals surface area contributed by atoms with Crippen molar-refractivity contribution in [2.75, 3.05) is 6.54 Å². The number of pyridine rings is 1. The fraction of sp³-hybridized carbons (Fsp3) is 0.375. The number of halogens is 1. The first-order valence-corrected chi connectivity index (χ1v) is 8.82. The van der Waals surface area contributed by atoms with Gasteiger partial charge in [-0.1, -0.05) is 18.0 Å². The molecule has 4 rings (SSSR count). The Morgan fingerprint density at radius 2 is 2.23 bits per heavy atom. The van der Waals surface area contributed by atoms with Crippen molar-refractivity contribution in [3.63, 3.8) is 0 Å². The maximum absolute atomic E-state index is 5.93. The third-order valence-electron chi connectivity index (χ3n) is 4.28. The third-order valence-corrected chi connectivity index (χ3v) is 5.37. The number of thiazole rings is 1. The van der Waals surface area contributed by atoms with Crippen LogP contribution in [0.4, 0.5) is 0 Å². The van der Waals surface area contributed by atoms with Crippen molar-refractivity contribution in [1.82, 2.24) is 19.3 Å². The van der Waals surface area contributed by atoms with Gasteiger partial charge >= 0.3 is 0 Å². The van der Waals surface area contributed by atoms with Crippen LogP contribution in [0.2, 0.25) is 5.02 Å². The molecule has 0 spiro atoms. The Morgan fingerprint density at radius 1 is 1.27 bits per heavy atom. The lowest BCUT2D eigenvalue weighted by molar-refractivity contribution is 0.135. The molecule has 114 valence electrons. The highest BCUT2D eigenvalue weighted by Crippen LogP contribution is 2.34. The number of hydrogen-bond acceptors (Lipinski definition) is 4. The number of nitrogens with zero attached hydrogens (tertiary/aromatic N) is 4. The molecule has 4 nitrogen and oxygen atoms in total. The Balaban J connectivity index is 1.62.